The van der Waals surface area contributed by atoms with Gasteiger partial charge in [-0.2, -0.15) is 0 Å². The largest absolute Gasteiger partial charge is 0.333 e. The second-order valence-electron chi connectivity index (χ2n) is 9.32. The number of nitrogens with zero attached hydrogens (tertiary/aromatic N) is 3. The highest BCUT2D eigenvalue weighted by molar-refractivity contribution is 6.30. The summed E-state index contributed by atoms with van der Waals surface area (Å²) in [5.41, 5.74) is 5.45. The fourth-order valence-electron chi connectivity index (χ4n) is 5.08. The highest BCUT2D eigenvalue weighted by Crippen LogP contribution is 2.33. The molecule has 3 heterocycles. The summed E-state index contributed by atoms with van der Waals surface area (Å²) in [5.74, 6) is -0.0506. The molecule has 2 aromatic heterocycles. The Balaban J connectivity index is 1.76. The van der Waals surface area contributed by atoms with Crippen LogP contribution < -0.4 is 5.56 Å². The van der Waals surface area contributed by atoms with Gasteiger partial charge < -0.3 is 9.47 Å². The topological polar surface area (TPSA) is 55.2 Å². The van der Waals surface area contributed by atoms with Crippen molar-refractivity contribution in [3.8, 4) is 11.1 Å². The molecule has 4 aromatic rings. The summed E-state index contributed by atoms with van der Waals surface area (Å²) in [6.07, 6.45) is 0. The van der Waals surface area contributed by atoms with E-state index in [1.165, 1.54) is 11.1 Å². The first-order valence-electron chi connectivity index (χ1n) is 11.5. The lowest BCUT2D eigenvalue weighted by atomic mass is 9.98. The summed E-state index contributed by atoms with van der Waals surface area (Å²) in [6.45, 7) is 7.69. The molecular weight excluding hydrogens is 446 g/mol. The molecule has 0 unspecified atom stereocenters. The molecule has 1 aliphatic heterocycles. The van der Waals surface area contributed by atoms with Gasteiger partial charge in [-0.25, -0.2) is 4.98 Å². The van der Waals surface area contributed by atoms with Crippen LogP contribution in [0, 0.1) is 19.8 Å². The Morgan fingerprint density at radius 2 is 1.68 bits per heavy atom. The normalized spacial score (nSPS) is 15.9. The van der Waals surface area contributed by atoms with Gasteiger partial charge in [0.15, 0.2) is 0 Å². The van der Waals surface area contributed by atoms with Gasteiger partial charge in [-0.3, -0.25) is 9.59 Å². The van der Waals surface area contributed by atoms with Gasteiger partial charge in [-0.05, 0) is 43.0 Å². The molecular formula is C28H26ClN3O2. The Labute approximate surface area is 203 Å². The van der Waals surface area contributed by atoms with Crippen LogP contribution in [0.25, 0.3) is 22.0 Å². The van der Waals surface area contributed by atoms with Crippen LogP contribution in [-0.2, 0) is 13.1 Å². The van der Waals surface area contributed by atoms with Gasteiger partial charge in [0.05, 0.1) is 0 Å². The van der Waals surface area contributed by atoms with Crippen LogP contribution in [0.2, 0.25) is 5.15 Å². The van der Waals surface area contributed by atoms with Gasteiger partial charge in [0, 0.05) is 30.6 Å². The van der Waals surface area contributed by atoms with E-state index in [2.05, 4.69) is 44.0 Å². The summed E-state index contributed by atoms with van der Waals surface area (Å²) in [7, 11) is 0. The molecule has 172 valence electrons. The number of benzene rings is 2. The molecule has 1 amide bonds. The van der Waals surface area contributed by atoms with E-state index in [-0.39, 0.29) is 28.1 Å². The van der Waals surface area contributed by atoms with Gasteiger partial charge in [0.2, 0.25) is 0 Å². The van der Waals surface area contributed by atoms with Crippen LogP contribution in [0.15, 0.2) is 65.5 Å². The molecule has 0 aliphatic carbocycles. The lowest BCUT2D eigenvalue weighted by molar-refractivity contribution is 0.0729. The number of aromatic nitrogens is 2. The van der Waals surface area contributed by atoms with Crippen molar-refractivity contribution in [3.05, 3.63) is 98.6 Å². The Bertz CT molecular complexity index is 1460. The van der Waals surface area contributed by atoms with Crippen LogP contribution in [-0.4, -0.2) is 26.9 Å². The molecule has 0 saturated carbocycles. The highest BCUT2D eigenvalue weighted by Gasteiger charge is 2.32. The van der Waals surface area contributed by atoms with Gasteiger partial charge in [-0.15, -0.1) is 0 Å². The van der Waals surface area contributed by atoms with E-state index in [1.807, 2.05) is 35.2 Å². The van der Waals surface area contributed by atoms with E-state index in [4.69, 9.17) is 11.6 Å². The maximum atomic E-state index is 14.1. The number of rotatable bonds is 3. The zero-order chi connectivity index (χ0) is 24.0. The number of hydrogen-bond acceptors (Lipinski definition) is 3. The standard InChI is InChI=1S/C28H26ClN3O2/c1-17-11-18(2)13-20(12-17)16-31-14-19(3)15-32-26(28(31)34)24(21-7-5-4-6-8-21)22-9-10-23(29)30-25(22)27(32)33/h4-13,19H,14-16H2,1-3H3/t19-/m0/s1. The van der Waals surface area contributed by atoms with E-state index in [1.54, 1.807) is 16.7 Å². The number of amides is 1. The number of aryl methyl sites for hydroxylation is 2. The molecule has 0 bridgehead atoms. The summed E-state index contributed by atoms with van der Waals surface area (Å²) >= 11 is 6.17. The van der Waals surface area contributed by atoms with E-state index in [0.29, 0.717) is 30.7 Å². The minimum absolute atomic E-state index is 0.0917. The number of hydrogen-bond donors (Lipinski definition) is 0. The predicted octanol–water partition coefficient (Wildman–Crippen LogP) is 5.63. The van der Waals surface area contributed by atoms with Crippen molar-refractivity contribution in [2.24, 2.45) is 5.92 Å². The van der Waals surface area contributed by atoms with Crippen molar-refractivity contribution in [2.75, 3.05) is 6.54 Å². The third-order valence-corrected chi connectivity index (χ3v) is 6.53. The molecule has 2 aromatic carbocycles. The van der Waals surface area contributed by atoms with E-state index < -0.39 is 0 Å². The van der Waals surface area contributed by atoms with Crippen molar-refractivity contribution in [1.82, 2.24) is 14.5 Å². The van der Waals surface area contributed by atoms with Crippen LogP contribution in [0.4, 0.5) is 0 Å². The molecule has 5 nitrogen and oxygen atoms in total. The molecule has 34 heavy (non-hydrogen) atoms. The molecule has 0 fully saturated rings. The van der Waals surface area contributed by atoms with Crippen LogP contribution in [0.5, 0.6) is 0 Å². The molecule has 0 radical (unpaired) electrons. The van der Waals surface area contributed by atoms with Crippen LogP contribution in [0.1, 0.15) is 34.1 Å². The first-order valence-corrected chi connectivity index (χ1v) is 11.8. The Morgan fingerprint density at radius 3 is 2.38 bits per heavy atom. The quantitative estimate of drug-likeness (QED) is 0.364. The average molecular weight is 472 g/mol. The van der Waals surface area contributed by atoms with E-state index in [0.717, 1.165) is 16.7 Å². The van der Waals surface area contributed by atoms with Crippen molar-refractivity contribution in [3.63, 3.8) is 0 Å². The molecule has 0 N–H and O–H groups in total. The Hall–Kier alpha value is -3.44. The van der Waals surface area contributed by atoms with Crippen molar-refractivity contribution in [2.45, 2.75) is 33.9 Å². The number of fused-ring (bicyclic) bond motifs is 2. The third-order valence-electron chi connectivity index (χ3n) is 6.32. The predicted molar refractivity (Wildman–Crippen MR) is 136 cm³/mol. The molecule has 6 heteroatoms. The van der Waals surface area contributed by atoms with Crippen molar-refractivity contribution in [1.29, 1.82) is 0 Å². The zero-order valence-electron chi connectivity index (χ0n) is 19.5. The maximum Gasteiger partial charge on any atom is 0.277 e. The maximum absolute atomic E-state index is 14.1. The molecule has 5 rings (SSSR count). The first kappa shape index (κ1) is 22.4. The minimum Gasteiger partial charge on any atom is -0.333 e. The fraction of sp³-hybridized carbons (Fsp3) is 0.250. The van der Waals surface area contributed by atoms with E-state index in [9.17, 15) is 9.59 Å². The van der Waals surface area contributed by atoms with Gasteiger partial charge >= 0.3 is 0 Å². The Morgan fingerprint density at radius 1 is 0.971 bits per heavy atom. The second kappa shape index (κ2) is 8.73. The van der Waals surface area contributed by atoms with Gasteiger partial charge in [0.25, 0.3) is 11.5 Å². The van der Waals surface area contributed by atoms with Gasteiger partial charge in [-0.1, -0.05) is 78.2 Å². The lowest BCUT2D eigenvalue weighted by Gasteiger charge is -2.24. The number of carbonyl (C=O) groups is 1. The molecule has 1 aliphatic rings. The highest BCUT2D eigenvalue weighted by atomic mass is 35.5. The third kappa shape index (κ3) is 4.01. The second-order valence-corrected chi connectivity index (χ2v) is 9.71. The Kier molecular flexibility index (Phi) is 5.74. The fourth-order valence-corrected chi connectivity index (χ4v) is 5.23. The SMILES string of the molecule is Cc1cc(C)cc(CN2C[C@H](C)Cn3c(c(-c4ccccc4)c4ccc(Cl)nc4c3=O)C2=O)c1. The van der Waals surface area contributed by atoms with E-state index >= 15 is 0 Å². The molecule has 1 atom stereocenters. The molecule has 0 spiro atoms. The average Bonchev–Trinajstić information content (AvgIpc) is 2.91. The molecule has 0 saturated heterocycles. The first-order chi connectivity index (χ1) is 16.3. The number of carbonyl (C=O) groups excluding carboxylic acids is 1. The number of pyridine rings is 2. The summed E-state index contributed by atoms with van der Waals surface area (Å²) in [5, 5.41) is 0.898. The van der Waals surface area contributed by atoms with Gasteiger partial charge in [0.1, 0.15) is 16.4 Å². The number of halogens is 1. The van der Waals surface area contributed by atoms with Crippen molar-refractivity contribution >= 4 is 28.4 Å². The van der Waals surface area contributed by atoms with Crippen LogP contribution >= 0.6 is 11.6 Å². The summed E-state index contributed by atoms with van der Waals surface area (Å²) < 4.78 is 1.61. The van der Waals surface area contributed by atoms with Crippen LogP contribution in [0.3, 0.4) is 0 Å². The summed E-state index contributed by atoms with van der Waals surface area (Å²) in [4.78, 5) is 33.9. The zero-order valence-corrected chi connectivity index (χ0v) is 20.3. The lowest BCUT2D eigenvalue weighted by Crippen LogP contribution is -2.34. The monoisotopic (exact) mass is 471 g/mol. The smallest absolute Gasteiger partial charge is 0.277 e. The summed E-state index contributed by atoms with van der Waals surface area (Å²) in [6, 6.07) is 19.6. The van der Waals surface area contributed by atoms with Crippen molar-refractivity contribution < 1.29 is 4.79 Å². The minimum atomic E-state index is -0.277.